The fraction of sp³-hybridized carbons (Fsp3) is 0.533. The number of ether oxygens (including phenoxy) is 1. The van der Waals surface area contributed by atoms with Crippen LogP contribution in [0.4, 0.5) is 9.93 Å². The molecule has 122 valence electrons. The Morgan fingerprint density at radius 2 is 2.17 bits per heavy atom. The summed E-state index contributed by atoms with van der Waals surface area (Å²) in [6, 6.07) is -0.274. The second kappa shape index (κ2) is 6.29. The smallest absolute Gasteiger partial charge is 0.321 e. The van der Waals surface area contributed by atoms with Crippen molar-refractivity contribution in [1.29, 1.82) is 0 Å². The van der Waals surface area contributed by atoms with Crippen LogP contribution in [0.25, 0.3) is 0 Å². The lowest BCUT2D eigenvalue weighted by atomic mass is 10.0. The number of carbonyl (C=O) groups is 1. The van der Waals surface area contributed by atoms with Gasteiger partial charge in [0.05, 0.1) is 25.5 Å². The van der Waals surface area contributed by atoms with Gasteiger partial charge in [-0.2, -0.15) is 0 Å². The van der Waals surface area contributed by atoms with E-state index in [1.807, 2.05) is 0 Å². The summed E-state index contributed by atoms with van der Waals surface area (Å²) in [7, 11) is 0. The summed E-state index contributed by atoms with van der Waals surface area (Å²) in [6.45, 7) is 1.47. The molecule has 0 bridgehead atoms. The minimum absolute atomic E-state index is 0.274. The number of carbonyl (C=O) groups excluding carboxylic acids is 1. The van der Waals surface area contributed by atoms with Crippen molar-refractivity contribution >= 4 is 22.5 Å². The van der Waals surface area contributed by atoms with Crippen molar-refractivity contribution < 1.29 is 14.1 Å². The Hall–Kier alpha value is -1.93. The van der Waals surface area contributed by atoms with Gasteiger partial charge in [0.25, 0.3) is 0 Å². The normalized spacial score (nSPS) is 16.5. The van der Waals surface area contributed by atoms with Crippen LogP contribution in [0.1, 0.15) is 40.4 Å². The molecule has 4 rings (SSSR count). The van der Waals surface area contributed by atoms with Crippen molar-refractivity contribution in [2.75, 3.05) is 11.9 Å². The molecule has 0 unspecified atom stereocenters. The lowest BCUT2D eigenvalue weighted by molar-refractivity contribution is 0.102. The fourth-order valence-corrected chi connectivity index (χ4v) is 3.98. The van der Waals surface area contributed by atoms with Gasteiger partial charge in [0.15, 0.2) is 5.13 Å². The van der Waals surface area contributed by atoms with Gasteiger partial charge in [0.1, 0.15) is 11.5 Å². The highest BCUT2D eigenvalue weighted by Gasteiger charge is 2.20. The van der Waals surface area contributed by atoms with Gasteiger partial charge in [0, 0.05) is 16.9 Å². The maximum atomic E-state index is 12.0. The molecule has 23 heavy (non-hydrogen) atoms. The summed E-state index contributed by atoms with van der Waals surface area (Å²) >= 11 is 1.57. The predicted molar refractivity (Wildman–Crippen MR) is 84.5 cm³/mol. The van der Waals surface area contributed by atoms with Crippen LogP contribution in [0, 0.1) is 0 Å². The Morgan fingerprint density at radius 3 is 3.09 bits per heavy atom. The van der Waals surface area contributed by atoms with Gasteiger partial charge < -0.3 is 14.6 Å². The topological polar surface area (TPSA) is 89.3 Å². The summed E-state index contributed by atoms with van der Waals surface area (Å²) in [5.74, 6) is 0.862. The average Bonchev–Trinajstić information content (AvgIpc) is 3.16. The molecule has 0 aromatic carbocycles. The number of nitrogens with zero attached hydrogens (tertiary/aromatic N) is 2. The highest BCUT2D eigenvalue weighted by atomic mass is 32.1. The number of urea groups is 1. The van der Waals surface area contributed by atoms with Gasteiger partial charge in [-0.05, 0) is 25.7 Å². The number of fused-ring (bicyclic) bond motifs is 2. The number of amides is 2. The summed E-state index contributed by atoms with van der Waals surface area (Å²) in [4.78, 5) is 17.8. The monoisotopic (exact) mass is 334 g/mol. The minimum Gasteiger partial charge on any atom is -0.376 e. The van der Waals surface area contributed by atoms with Gasteiger partial charge in [-0.3, -0.25) is 5.32 Å². The van der Waals surface area contributed by atoms with Crippen LogP contribution in [-0.4, -0.2) is 22.8 Å². The third-order valence-corrected chi connectivity index (χ3v) is 5.23. The molecule has 2 amide bonds. The number of hydrogen-bond donors (Lipinski definition) is 2. The summed E-state index contributed by atoms with van der Waals surface area (Å²) < 4.78 is 10.7. The first-order valence-electron chi connectivity index (χ1n) is 7.87. The molecule has 0 fully saturated rings. The van der Waals surface area contributed by atoms with Crippen molar-refractivity contribution in [1.82, 2.24) is 15.5 Å². The molecule has 1 aliphatic carbocycles. The van der Waals surface area contributed by atoms with Crippen molar-refractivity contribution in [2.45, 2.75) is 45.3 Å². The Bertz CT molecular complexity index is 701. The molecule has 0 saturated heterocycles. The molecule has 1 aliphatic heterocycles. The van der Waals surface area contributed by atoms with Gasteiger partial charge >= 0.3 is 6.03 Å². The Labute approximate surface area is 137 Å². The molecule has 3 heterocycles. The van der Waals surface area contributed by atoms with E-state index in [4.69, 9.17) is 9.26 Å². The van der Waals surface area contributed by atoms with Crippen LogP contribution in [0.3, 0.4) is 0 Å². The van der Waals surface area contributed by atoms with E-state index in [9.17, 15) is 4.79 Å². The lowest BCUT2D eigenvalue weighted by Gasteiger charge is -2.10. The molecule has 0 atom stereocenters. The van der Waals surface area contributed by atoms with E-state index >= 15 is 0 Å². The molecule has 2 aliphatic rings. The van der Waals surface area contributed by atoms with Crippen LogP contribution >= 0.6 is 11.3 Å². The van der Waals surface area contributed by atoms with E-state index in [2.05, 4.69) is 20.8 Å². The molecule has 0 saturated carbocycles. The predicted octanol–water partition coefficient (Wildman–Crippen LogP) is 2.40. The van der Waals surface area contributed by atoms with Crippen LogP contribution < -0.4 is 10.6 Å². The zero-order chi connectivity index (χ0) is 15.6. The first-order valence-corrected chi connectivity index (χ1v) is 8.69. The van der Waals surface area contributed by atoms with Crippen molar-refractivity contribution in [2.24, 2.45) is 0 Å². The first-order chi connectivity index (χ1) is 11.3. The van der Waals surface area contributed by atoms with Gasteiger partial charge in [-0.1, -0.05) is 5.16 Å². The van der Waals surface area contributed by atoms with E-state index < -0.39 is 0 Å². The molecule has 0 radical (unpaired) electrons. The summed E-state index contributed by atoms with van der Waals surface area (Å²) in [5, 5.41) is 10.3. The quantitative estimate of drug-likeness (QED) is 0.900. The molecule has 2 aromatic heterocycles. The third kappa shape index (κ3) is 3.09. The zero-order valence-electron chi connectivity index (χ0n) is 12.7. The van der Waals surface area contributed by atoms with Crippen LogP contribution in [0.2, 0.25) is 0 Å². The Kier molecular flexibility index (Phi) is 4.00. The maximum Gasteiger partial charge on any atom is 0.321 e. The Balaban J connectivity index is 1.35. The molecule has 8 heteroatoms. The third-order valence-electron chi connectivity index (χ3n) is 4.15. The number of hydrogen-bond acceptors (Lipinski definition) is 6. The summed E-state index contributed by atoms with van der Waals surface area (Å²) in [6.07, 6.45) is 5.21. The Morgan fingerprint density at radius 1 is 1.26 bits per heavy atom. The minimum atomic E-state index is -0.274. The zero-order valence-corrected chi connectivity index (χ0v) is 13.5. The highest BCUT2D eigenvalue weighted by molar-refractivity contribution is 7.15. The molecular weight excluding hydrogens is 316 g/mol. The number of aromatic nitrogens is 2. The SMILES string of the molecule is O=C(NCc1noc2c1COCC2)Nc1nc2c(s1)CCCC2. The molecule has 2 aromatic rings. The number of aryl methyl sites for hydroxylation is 2. The van der Waals surface area contributed by atoms with Crippen molar-refractivity contribution in [3.05, 3.63) is 27.6 Å². The largest absolute Gasteiger partial charge is 0.376 e. The van der Waals surface area contributed by atoms with E-state index in [-0.39, 0.29) is 6.03 Å². The van der Waals surface area contributed by atoms with E-state index in [0.717, 1.165) is 42.0 Å². The van der Waals surface area contributed by atoms with Crippen LogP contribution in [-0.2, 0) is 37.2 Å². The van der Waals surface area contributed by atoms with Gasteiger partial charge in [0.2, 0.25) is 0 Å². The number of nitrogens with one attached hydrogen (secondary N) is 2. The van der Waals surface area contributed by atoms with Crippen LogP contribution in [0.15, 0.2) is 4.52 Å². The highest BCUT2D eigenvalue weighted by Crippen LogP contribution is 2.29. The molecule has 7 nitrogen and oxygen atoms in total. The standard InChI is InChI=1S/C15H18N4O3S/c20-14(18-15-17-10-3-1-2-4-13(10)23-15)16-7-11-9-8-21-6-5-12(9)22-19-11/h1-8H2,(H2,16,17,18,20). The molecular formula is C15H18N4O3S. The maximum absolute atomic E-state index is 12.0. The van der Waals surface area contributed by atoms with Crippen molar-refractivity contribution in [3.8, 4) is 0 Å². The number of rotatable bonds is 3. The van der Waals surface area contributed by atoms with Gasteiger partial charge in [-0.25, -0.2) is 9.78 Å². The summed E-state index contributed by atoms with van der Waals surface area (Å²) in [5.41, 5.74) is 2.83. The second-order valence-corrected chi connectivity index (χ2v) is 6.82. The second-order valence-electron chi connectivity index (χ2n) is 5.74. The fourth-order valence-electron chi connectivity index (χ4n) is 2.93. The number of thiazole rings is 1. The van der Waals surface area contributed by atoms with Crippen LogP contribution in [0.5, 0.6) is 0 Å². The van der Waals surface area contributed by atoms with Crippen molar-refractivity contribution in [3.63, 3.8) is 0 Å². The van der Waals surface area contributed by atoms with E-state index in [1.165, 1.54) is 17.7 Å². The number of anilines is 1. The lowest BCUT2D eigenvalue weighted by Crippen LogP contribution is -2.28. The van der Waals surface area contributed by atoms with E-state index in [1.54, 1.807) is 11.3 Å². The molecule has 2 N–H and O–H groups in total. The first kappa shape index (κ1) is 14.6. The molecule has 0 spiro atoms. The van der Waals surface area contributed by atoms with E-state index in [0.29, 0.717) is 24.9 Å². The van der Waals surface area contributed by atoms with Gasteiger partial charge in [-0.15, -0.1) is 11.3 Å². The average molecular weight is 334 g/mol.